The largest absolute Gasteiger partial charge is 1.00 e. The van der Waals surface area contributed by atoms with Crippen molar-refractivity contribution in [1.82, 2.24) is 58.1 Å². The van der Waals surface area contributed by atoms with Crippen LogP contribution in [0.1, 0.15) is 12.8 Å². The summed E-state index contributed by atoms with van der Waals surface area (Å²) in [6.07, 6.45) is 20.8. The lowest BCUT2D eigenvalue weighted by molar-refractivity contribution is -0.670. The molecule has 1 N–H and O–H groups in total. The molecular formula is C39H58IN13O10. The highest BCUT2D eigenvalue weighted by atomic mass is 127. The second-order valence-electron chi connectivity index (χ2n) is 14.1. The number of halogens is 1. The van der Waals surface area contributed by atoms with Gasteiger partial charge in [0.15, 0.2) is 0 Å². The normalized spacial score (nSPS) is 18.3. The number of rotatable bonds is 1. The molecule has 9 heterocycles. The molecule has 0 aromatic carbocycles. The van der Waals surface area contributed by atoms with Crippen LogP contribution in [0.2, 0.25) is 0 Å². The van der Waals surface area contributed by atoms with E-state index in [9.17, 15) is 24.0 Å². The van der Waals surface area contributed by atoms with Crippen molar-refractivity contribution in [3.8, 4) is 0 Å². The van der Waals surface area contributed by atoms with E-state index in [1.165, 1.54) is 39.8 Å². The zero-order valence-corrected chi connectivity index (χ0v) is 37.9. The average molecular weight is 996 g/mol. The van der Waals surface area contributed by atoms with Gasteiger partial charge in [0.05, 0.1) is 67.0 Å². The maximum absolute atomic E-state index is 12.2. The number of amides is 4. The van der Waals surface area contributed by atoms with E-state index in [2.05, 4.69) is 20.3 Å². The molecule has 1 unspecified atom stereocenters. The number of nitrogens with one attached hydrogen (secondary N) is 1. The molecule has 346 valence electrons. The zero-order valence-electron chi connectivity index (χ0n) is 35.8. The molecule has 4 aromatic heterocycles. The summed E-state index contributed by atoms with van der Waals surface area (Å²) in [6.45, 7) is 12.0. The highest BCUT2D eigenvalue weighted by Gasteiger charge is 2.37. The molecule has 5 aliphatic rings. The Labute approximate surface area is 382 Å². The van der Waals surface area contributed by atoms with Crippen molar-refractivity contribution in [3.63, 3.8) is 0 Å². The van der Waals surface area contributed by atoms with Gasteiger partial charge in [-0.2, -0.15) is 4.57 Å². The van der Waals surface area contributed by atoms with Gasteiger partial charge in [-0.1, -0.05) is 0 Å². The first-order chi connectivity index (χ1) is 30.3. The van der Waals surface area contributed by atoms with Crippen LogP contribution in [-0.2, 0) is 35.5 Å². The Bertz CT molecular complexity index is 1860. The summed E-state index contributed by atoms with van der Waals surface area (Å²) in [4.78, 5) is 76.9. The van der Waals surface area contributed by atoms with Crippen LogP contribution in [0.25, 0.3) is 0 Å². The Morgan fingerprint density at radius 1 is 0.587 bits per heavy atom. The van der Waals surface area contributed by atoms with E-state index in [0.29, 0.717) is 91.9 Å². The molecule has 0 saturated carbocycles. The number of hydrogen-bond donors (Lipinski definition) is 1. The monoisotopic (exact) mass is 995 g/mol. The number of ether oxygens (including phenoxy) is 5. The third-order valence-electron chi connectivity index (χ3n) is 9.83. The summed E-state index contributed by atoms with van der Waals surface area (Å²) in [7, 11) is 3.25. The van der Waals surface area contributed by atoms with E-state index in [1.807, 2.05) is 17.8 Å². The van der Waals surface area contributed by atoms with Crippen LogP contribution in [0.4, 0.5) is 19.2 Å². The first kappa shape index (κ1) is 50.4. The van der Waals surface area contributed by atoms with Crippen molar-refractivity contribution in [3.05, 3.63) is 74.9 Å². The van der Waals surface area contributed by atoms with Crippen LogP contribution in [0.5, 0.6) is 0 Å². The van der Waals surface area contributed by atoms with Crippen LogP contribution >= 0.6 is 0 Å². The van der Waals surface area contributed by atoms with E-state index in [1.54, 1.807) is 73.9 Å². The molecule has 63 heavy (non-hydrogen) atoms. The molecule has 5 aliphatic heterocycles. The van der Waals surface area contributed by atoms with Crippen LogP contribution in [-0.4, -0.2) is 208 Å². The van der Waals surface area contributed by atoms with Crippen molar-refractivity contribution < 1.29 is 76.2 Å². The van der Waals surface area contributed by atoms with Crippen molar-refractivity contribution >= 4 is 30.1 Å². The quantitative estimate of drug-likeness (QED) is 0.115. The second kappa shape index (κ2) is 27.7. The average Bonchev–Trinajstić information content (AvgIpc) is 4.21. The summed E-state index contributed by atoms with van der Waals surface area (Å²) < 4.78 is 32.9. The Morgan fingerprint density at radius 2 is 1.02 bits per heavy atom. The number of likely N-dealkylation sites (tertiary alicyclic amines) is 1. The van der Waals surface area contributed by atoms with E-state index >= 15 is 0 Å². The number of methoxy groups -OCH3 is 1. The van der Waals surface area contributed by atoms with Gasteiger partial charge >= 0.3 is 30.1 Å². The maximum Gasteiger partial charge on any atom is 0.415 e. The number of hydrogen-bond acceptors (Lipinski definition) is 14. The molecule has 1 atom stereocenters. The fourth-order valence-corrected chi connectivity index (χ4v) is 6.48. The third-order valence-corrected chi connectivity index (χ3v) is 9.83. The Balaban J connectivity index is 0.000000177. The van der Waals surface area contributed by atoms with Crippen molar-refractivity contribution in [2.24, 2.45) is 7.05 Å². The summed E-state index contributed by atoms with van der Waals surface area (Å²) in [5, 5.41) is 3.16. The van der Waals surface area contributed by atoms with Gasteiger partial charge in [-0.05, 0) is 12.8 Å². The van der Waals surface area contributed by atoms with E-state index in [4.69, 9.17) is 23.7 Å². The minimum absolute atomic E-state index is 0. The predicted octanol–water partition coefficient (Wildman–Crippen LogP) is -2.92. The standard InChI is InChI=1S/C11H18N2O4.C9H14N3O2.C8H11N3O2.C7H6N4O.C4H9NO.HI/c1-16-10(14)9-3-2-4-13(9)11(15)12-5-7-17-8-6-12;1-10-2-3-12(8-10)9(13)11-4-6-14-7-5-11;12-8(11-2-1-9-7-11)10-3-5-13-6-4-10;12-7(10-3-1-8-5-10)11-4-2-9-6-11;1-3-6-4-2-5-1;/h9H,2-8H2,1H3;2-3,8H,4-7H2,1H3;1-2,7H,3-6H2;1-6H;5H,1-4H2;1H/q;+1;;;;/p-1. The van der Waals surface area contributed by atoms with Crippen molar-refractivity contribution in [2.75, 3.05) is 119 Å². The fraction of sp³-hybridized carbons (Fsp3) is 0.564. The van der Waals surface area contributed by atoms with Gasteiger partial charge in [0.2, 0.25) is 0 Å². The summed E-state index contributed by atoms with van der Waals surface area (Å²) in [5.74, 6) is -0.316. The van der Waals surface area contributed by atoms with Gasteiger partial charge in [0, 0.05) is 96.1 Å². The molecule has 0 bridgehead atoms. The molecule has 0 aliphatic carbocycles. The lowest BCUT2D eigenvalue weighted by Crippen LogP contribution is -3.00. The van der Waals surface area contributed by atoms with Crippen LogP contribution in [0.3, 0.4) is 0 Å². The molecule has 0 spiro atoms. The van der Waals surface area contributed by atoms with Gasteiger partial charge in [-0.25, -0.2) is 43.5 Å². The number of morpholine rings is 4. The molecule has 0 radical (unpaired) electrons. The molecule has 23 nitrogen and oxygen atoms in total. The van der Waals surface area contributed by atoms with Crippen molar-refractivity contribution in [2.45, 2.75) is 18.9 Å². The SMILES string of the molecule is C1COCCN1.COC(=O)C1CCCN1C(=O)N1CCOCC1.C[n+]1ccn(C(=O)N2CCOCC2)c1.O=C(N1CCOCC1)n1ccnc1.O=C(n1ccnc1)n1ccnc1.[I-]. The molecular weight excluding hydrogens is 937 g/mol. The fourth-order valence-electron chi connectivity index (χ4n) is 6.48. The molecule has 4 amide bonds. The first-order valence-corrected chi connectivity index (χ1v) is 20.5. The van der Waals surface area contributed by atoms with E-state index in [0.717, 1.165) is 32.7 Å². The number of carbonyl (C=O) groups excluding carboxylic acids is 5. The van der Waals surface area contributed by atoms with Gasteiger partial charge < -0.3 is 67.7 Å². The summed E-state index contributed by atoms with van der Waals surface area (Å²) in [5.41, 5.74) is 0. The maximum atomic E-state index is 12.2. The van der Waals surface area contributed by atoms with Gasteiger partial charge in [0.1, 0.15) is 37.4 Å². The highest BCUT2D eigenvalue weighted by molar-refractivity contribution is 5.84. The Kier molecular flexibility index (Phi) is 22.2. The number of urea groups is 1. The van der Waals surface area contributed by atoms with Crippen LogP contribution in [0, 0.1) is 0 Å². The number of carbonyl (C=O) groups is 5. The topological polar surface area (TPSA) is 219 Å². The third kappa shape index (κ3) is 16.1. The smallest absolute Gasteiger partial charge is 0.415 e. The number of aromatic nitrogens is 8. The number of nitrogens with zero attached hydrogens (tertiary/aromatic N) is 12. The lowest BCUT2D eigenvalue weighted by atomic mass is 10.2. The number of esters is 1. The van der Waals surface area contributed by atoms with Gasteiger partial charge in [-0.3, -0.25) is 18.6 Å². The Hall–Kier alpha value is -5.28. The molecule has 5 saturated heterocycles. The number of imidazole rings is 4. The molecule has 9 rings (SSSR count). The minimum Gasteiger partial charge on any atom is -1.00 e. The first-order valence-electron chi connectivity index (χ1n) is 20.5. The van der Waals surface area contributed by atoms with Crippen LogP contribution < -0.4 is 33.9 Å². The minimum atomic E-state index is -0.407. The summed E-state index contributed by atoms with van der Waals surface area (Å²) in [6, 6.07) is -0.670. The molecule has 4 aromatic rings. The van der Waals surface area contributed by atoms with Gasteiger partial charge in [-0.15, -0.1) is 0 Å². The van der Waals surface area contributed by atoms with E-state index in [-0.39, 0.29) is 54.1 Å². The van der Waals surface area contributed by atoms with Crippen molar-refractivity contribution in [1.29, 1.82) is 0 Å². The van der Waals surface area contributed by atoms with E-state index < -0.39 is 6.04 Å². The van der Waals surface area contributed by atoms with Gasteiger partial charge in [0.25, 0.3) is 6.33 Å². The molecule has 5 fully saturated rings. The highest BCUT2D eigenvalue weighted by Crippen LogP contribution is 2.20. The Morgan fingerprint density at radius 3 is 1.38 bits per heavy atom. The lowest BCUT2D eigenvalue weighted by Gasteiger charge is -2.32. The number of aryl methyl sites for hydroxylation is 1. The zero-order chi connectivity index (χ0) is 43.9. The second-order valence-corrected chi connectivity index (χ2v) is 14.1. The predicted molar refractivity (Wildman–Crippen MR) is 218 cm³/mol. The summed E-state index contributed by atoms with van der Waals surface area (Å²) >= 11 is 0. The van der Waals surface area contributed by atoms with Crippen LogP contribution in [0.15, 0.2) is 74.9 Å². The molecule has 24 heteroatoms.